The predicted octanol–water partition coefficient (Wildman–Crippen LogP) is 14.4. The minimum absolute atomic E-state index is 0.00656. The number of aromatic nitrogens is 6. The van der Waals surface area contributed by atoms with E-state index in [1.165, 1.54) is 32.8 Å². The maximum absolute atomic E-state index is 6.39. The molecular weight excluding hydrogens is 987 g/mol. The highest BCUT2D eigenvalue weighted by Gasteiger charge is 2.33. The number of hydrogen-bond acceptors (Lipinski definition) is 13. The lowest BCUT2D eigenvalue weighted by Gasteiger charge is -2.40. The summed E-state index contributed by atoms with van der Waals surface area (Å²) in [6.45, 7) is 48.0. The van der Waals surface area contributed by atoms with Crippen molar-refractivity contribution in [1.82, 2.24) is 39.5 Å². The summed E-state index contributed by atoms with van der Waals surface area (Å²) in [7, 11) is 0. The fraction of sp³-hybridized carbons (Fsp3) is 0.578. The first-order valence-electron chi connectivity index (χ1n) is 28.3. The van der Waals surface area contributed by atoms with E-state index in [-0.39, 0.29) is 38.6 Å². The number of likely N-dealkylation sites (tertiary alicyclic amines) is 2. The molecule has 0 spiro atoms. The van der Waals surface area contributed by atoms with Crippen molar-refractivity contribution in [3.63, 3.8) is 0 Å². The maximum atomic E-state index is 6.39. The van der Waals surface area contributed by atoms with Crippen LogP contribution in [0.5, 0.6) is 11.6 Å². The molecular formula is C64H95N11O2S. The van der Waals surface area contributed by atoms with Gasteiger partial charge in [-0.1, -0.05) is 119 Å². The van der Waals surface area contributed by atoms with Gasteiger partial charge in [-0.2, -0.15) is 5.10 Å². The number of aryl methyl sites for hydroxylation is 1. The van der Waals surface area contributed by atoms with Gasteiger partial charge in [0.05, 0.1) is 39.1 Å². The molecule has 2 aliphatic heterocycles. The number of rotatable bonds is 10. The van der Waals surface area contributed by atoms with Gasteiger partial charge in [-0.3, -0.25) is 14.5 Å². The Hall–Kier alpha value is -5.57. The molecule has 0 atom stereocenters. The Kier molecular flexibility index (Phi) is 17.6. The summed E-state index contributed by atoms with van der Waals surface area (Å²) in [5.74, 6) is 2.56. The Morgan fingerprint density at radius 2 is 1.09 bits per heavy atom. The summed E-state index contributed by atoms with van der Waals surface area (Å²) in [5, 5.41) is 5.89. The highest BCUT2D eigenvalue weighted by Crippen LogP contribution is 2.42. The van der Waals surface area contributed by atoms with E-state index in [9.17, 15) is 0 Å². The standard InChI is InChI=1S/C33H48N4OS.C31H47N7O/c1-21-28(39-30(36-21)22-14-16-37(17-15-22)33(8,9)10)24-18-26(29(34)35-19-24)38-20-23-12-11-13-25(31(2,3)4)27(23)32(5,6)7;1-29(2,3)23-12-10-11-20(25(23)30(4,5)6)19-39-28-27(33)34-17-24(35-28)22-18-38(36-26(22)32)21-13-15-37(16-14-21)31(7,8)9/h11-13,18-19,22H,14-17,20H2,1-10H3,(H2,34,35);10-12,17-18,21H,13-16,19H2,1-9H3,(H2,32,36)(H2,33,34). The van der Waals surface area contributed by atoms with Crippen molar-refractivity contribution in [1.29, 1.82) is 0 Å². The molecule has 2 aliphatic rings. The summed E-state index contributed by atoms with van der Waals surface area (Å²) in [6, 6.07) is 15.3. The van der Waals surface area contributed by atoms with Crippen LogP contribution in [0.4, 0.5) is 17.5 Å². The summed E-state index contributed by atoms with van der Waals surface area (Å²) in [6.07, 6.45) is 9.86. The van der Waals surface area contributed by atoms with E-state index in [2.05, 4.69) is 193 Å². The zero-order valence-corrected chi connectivity index (χ0v) is 51.9. The molecule has 0 aliphatic carbocycles. The molecule has 0 unspecified atom stereocenters. The normalized spacial score (nSPS) is 16.0. The van der Waals surface area contributed by atoms with E-state index in [1.54, 1.807) is 17.5 Å². The van der Waals surface area contributed by atoms with Gasteiger partial charge < -0.3 is 26.7 Å². The van der Waals surface area contributed by atoms with Gasteiger partial charge in [-0.25, -0.2) is 19.9 Å². The van der Waals surface area contributed by atoms with E-state index < -0.39 is 0 Å². The number of thiazole rings is 1. The Morgan fingerprint density at radius 1 is 0.590 bits per heavy atom. The third-order valence-corrected chi connectivity index (χ3v) is 16.9. The number of benzene rings is 2. The van der Waals surface area contributed by atoms with Gasteiger partial charge in [-0.15, -0.1) is 11.3 Å². The molecule has 424 valence electrons. The van der Waals surface area contributed by atoms with Crippen LogP contribution < -0.4 is 26.7 Å². The molecule has 6 aromatic rings. The summed E-state index contributed by atoms with van der Waals surface area (Å²) in [4.78, 5) is 24.9. The molecule has 2 fully saturated rings. The highest BCUT2D eigenvalue weighted by atomic mass is 32.1. The van der Waals surface area contributed by atoms with Crippen molar-refractivity contribution in [3.8, 4) is 33.3 Å². The van der Waals surface area contributed by atoms with E-state index in [4.69, 9.17) is 36.6 Å². The Bertz CT molecular complexity index is 2800. The fourth-order valence-corrected chi connectivity index (χ4v) is 12.5. The first-order valence-corrected chi connectivity index (χ1v) is 29.1. The Balaban J connectivity index is 0.000000226. The van der Waals surface area contributed by atoms with Crippen LogP contribution in [0.3, 0.4) is 0 Å². The third-order valence-electron chi connectivity index (χ3n) is 15.5. The lowest BCUT2D eigenvalue weighted by molar-refractivity contribution is 0.0871. The summed E-state index contributed by atoms with van der Waals surface area (Å²) >= 11 is 1.80. The average Bonchev–Trinajstić information content (AvgIpc) is 4.01. The quantitative estimate of drug-likeness (QED) is 0.119. The van der Waals surface area contributed by atoms with E-state index in [0.29, 0.717) is 54.1 Å². The lowest BCUT2D eigenvalue weighted by Crippen LogP contribution is -2.46. The number of pyridine rings is 1. The highest BCUT2D eigenvalue weighted by molar-refractivity contribution is 7.15. The molecule has 2 saturated heterocycles. The number of hydrogen-bond donors (Lipinski definition) is 3. The second kappa shape index (κ2) is 22.9. The van der Waals surface area contributed by atoms with Crippen LogP contribution >= 0.6 is 11.3 Å². The second-order valence-electron chi connectivity index (χ2n) is 28.0. The average molecular weight is 1080 g/mol. The molecule has 0 bridgehead atoms. The predicted molar refractivity (Wildman–Crippen MR) is 326 cm³/mol. The van der Waals surface area contributed by atoms with Crippen LogP contribution in [0.15, 0.2) is 61.1 Å². The summed E-state index contributed by atoms with van der Waals surface area (Å²) in [5.41, 5.74) is 30.4. The second-order valence-corrected chi connectivity index (χ2v) is 29.0. The van der Waals surface area contributed by atoms with Gasteiger partial charge in [0.2, 0.25) is 0 Å². The smallest absolute Gasteiger partial charge is 0.258 e. The number of piperidine rings is 2. The topological polar surface area (TPSA) is 172 Å². The minimum atomic E-state index is -0.0479. The molecule has 0 amide bonds. The fourth-order valence-electron chi connectivity index (χ4n) is 11.3. The van der Waals surface area contributed by atoms with Crippen molar-refractivity contribution in [2.45, 2.75) is 215 Å². The zero-order chi connectivity index (χ0) is 57.5. The van der Waals surface area contributed by atoms with Crippen LogP contribution in [-0.4, -0.2) is 76.8 Å². The minimum Gasteiger partial charge on any atom is -0.485 e. The molecule has 6 N–H and O–H groups in total. The van der Waals surface area contributed by atoms with Gasteiger partial charge in [0.25, 0.3) is 5.88 Å². The van der Waals surface area contributed by atoms with Crippen molar-refractivity contribution in [3.05, 3.63) is 105 Å². The maximum Gasteiger partial charge on any atom is 0.258 e. The first-order chi connectivity index (χ1) is 36.1. The Labute approximate surface area is 472 Å². The number of nitrogen functional groups attached to an aromatic ring is 3. The monoisotopic (exact) mass is 1080 g/mol. The molecule has 4 aromatic heterocycles. The van der Waals surface area contributed by atoms with Crippen molar-refractivity contribution in [2.75, 3.05) is 43.4 Å². The van der Waals surface area contributed by atoms with Crippen molar-refractivity contribution >= 4 is 28.8 Å². The van der Waals surface area contributed by atoms with Crippen LogP contribution in [0.1, 0.15) is 206 Å². The van der Waals surface area contributed by atoms with Gasteiger partial charge in [0.15, 0.2) is 23.2 Å². The number of nitrogens with two attached hydrogens (primary N) is 3. The molecule has 13 nitrogen and oxygen atoms in total. The van der Waals surface area contributed by atoms with Crippen LogP contribution in [0.25, 0.3) is 21.7 Å². The summed E-state index contributed by atoms with van der Waals surface area (Å²) < 4.78 is 14.6. The number of anilines is 3. The SMILES string of the molecule is CC(C)(C)c1cccc(COc2nc(-c3cn(C4CCN(C(C)(C)C)CC4)nc3N)cnc2N)c1C(C)(C)C.Cc1nc(C2CCN(C(C)(C)C)CC2)sc1-c1cnc(N)c(OCc2cccc(C(C)(C)C)c2C(C)(C)C)c1. The largest absolute Gasteiger partial charge is 0.485 e. The molecule has 14 heteroatoms. The van der Waals surface area contributed by atoms with E-state index in [1.807, 2.05) is 23.1 Å². The van der Waals surface area contributed by atoms with Gasteiger partial charge in [0, 0.05) is 48.0 Å². The lowest BCUT2D eigenvalue weighted by atomic mass is 9.73. The van der Waals surface area contributed by atoms with Gasteiger partial charge >= 0.3 is 0 Å². The van der Waals surface area contributed by atoms with Crippen molar-refractivity contribution < 1.29 is 9.47 Å². The first kappa shape index (κ1) is 60.1. The molecule has 8 rings (SSSR count). The molecule has 0 radical (unpaired) electrons. The van der Waals surface area contributed by atoms with E-state index >= 15 is 0 Å². The number of ether oxygens (including phenoxy) is 2. The van der Waals surface area contributed by atoms with Gasteiger partial charge in [-0.05, 0) is 148 Å². The van der Waals surface area contributed by atoms with E-state index in [0.717, 1.165) is 79.1 Å². The van der Waals surface area contributed by atoms with Gasteiger partial charge in [0.1, 0.15) is 13.2 Å². The molecule has 78 heavy (non-hydrogen) atoms. The van der Waals surface area contributed by atoms with Crippen LogP contribution in [0, 0.1) is 6.92 Å². The van der Waals surface area contributed by atoms with Crippen molar-refractivity contribution in [2.24, 2.45) is 0 Å². The van der Waals surface area contributed by atoms with Crippen LogP contribution in [0.2, 0.25) is 0 Å². The Morgan fingerprint density at radius 3 is 1.59 bits per heavy atom. The molecule has 6 heterocycles. The zero-order valence-electron chi connectivity index (χ0n) is 51.0. The number of nitrogens with zero attached hydrogens (tertiary/aromatic N) is 8. The van der Waals surface area contributed by atoms with Crippen LogP contribution in [-0.2, 0) is 34.9 Å². The third kappa shape index (κ3) is 14.2. The molecule has 0 saturated carbocycles. The molecule has 2 aromatic carbocycles.